The van der Waals surface area contributed by atoms with Crippen LogP contribution in [-0.4, -0.2) is 137 Å². The summed E-state index contributed by atoms with van der Waals surface area (Å²) >= 11 is 1.53. The number of pyridine rings is 1. The number of ether oxygens (including phenoxy) is 4. The number of hydrazine groups is 1. The Bertz CT molecular complexity index is 2630. The molecule has 2 amide bonds. The Kier molecular flexibility index (Phi) is 9.85. The third-order valence-electron chi connectivity index (χ3n) is 16.8. The molecule has 9 fully saturated rings. The second-order valence-electron chi connectivity index (χ2n) is 22.4. The molecule has 10 aliphatic rings. The van der Waals surface area contributed by atoms with Crippen molar-refractivity contribution in [3.63, 3.8) is 0 Å². The van der Waals surface area contributed by atoms with Gasteiger partial charge in [0, 0.05) is 89.2 Å². The van der Waals surface area contributed by atoms with Gasteiger partial charge in [-0.2, -0.15) is 0 Å². The summed E-state index contributed by atoms with van der Waals surface area (Å²) in [6.45, 7) is 15.3. The predicted molar refractivity (Wildman–Crippen MR) is 247 cm³/mol. The van der Waals surface area contributed by atoms with Crippen molar-refractivity contribution in [1.82, 2.24) is 40.1 Å². The molecule has 2 saturated carbocycles. The average Bonchev–Trinajstić information content (AvgIpc) is 3.97. The van der Waals surface area contributed by atoms with Crippen molar-refractivity contribution in [2.45, 2.75) is 115 Å². The van der Waals surface area contributed by atoms with Crippen LogP contribution >= 0.6 is 11.3 Å². The van der Waals surface area contributed by atoms with Gasteiger partial charge in [0.15, 0.2) is 0 Å². The minimum Gasteiger partial charge on any atom is -0.464 e. The topological polar surface area (TPSA) is 153 Å². The fourth-order valence-corrected chi connectivity index (χ4v) is 13.8. The number of carbonyl (C=O) groups is 3. The third-order valence-corrected chi connectivity index (χ3v) is 17.7. The molecule has 0 unspecified atom stereocenters. The molecule has 11 heterocycles. The van der Waals surface area contributed by atoms with E-state index in [1.807, 2.05) is 26.1 Å². The third kappa shape index (κ3) is 6.59. The molecule has 66 heavy (non-hydrogen) atoms. The van der Waals surface area contributed by atoms with Gasteiger partial charge in [-0.1, -0.05) is 26.8 Å². The lowest BCUT2D eigenvalue weighted by Gasteiger charge is -2.58. The zero-order chi connectivity index (χ0) is 45.7. The van der Waals surface area contributed by atoms with Crippen LogP contribution in [0.5, 0.6) is 0 Å². The van der Waals surface area contributed by atoms with Crippen LogP contribution in [0.3, 0.4) is 0 Å². The number of hydrogen-bond acceptors (Lipinski definition) is 13. The van der Waals surface area contributed by atoms with Gasteiger partial charge in [0.25, 0.3) is 11.8 Å². The van der Waals surface area contributed by atoms with E-state index >= 15 is 4.79 Å². The van der Waals surface area contributed by atoms with Crippen LogP contribution in [0.15, 0.2) is 41.9 Å². The molecule has 0 radical (unpaired) electrons. The smallest absolute Gasteiger partial charge is 0.325 e. The number of benzene rings is 1. The van der Waals surface area contributed by atoms with Gasteiger partial charge in [-0.15, -0.1) is 11.3 Å². The molecule has 4 aromatic rings. The van der Waals surface area contributed by atoms with E-state index in [0.717, 1.165) is 62.8 Å². The summed E-state index contributed by atoms with van der Waals surface area (Å²) in [6, 6.07) is 8.67. The van der Waals surface area contributed by atoms with Crippen LogP contribution in [0.4, 0.5) is 0 Å². The van der Waals surface area contributed by atoms with Crippen molar-refractivity contribution in [3.05, 3.63) is 58.2 Å². The summed E-state index contributed by atoms with van der Waals surface area (Å²) in [5.41, 5.74) is 8.92. The molecule has 10 bridgehead atoms. The highest BCUT2D eigenvalue weighted by Crippen LogP contribution is 2.61. The molecule has 7 saturated heterocycles. The highest BCUT2D eigenvalue weighted by molar-refractivity contribution is 7.10. The fraction of sp³-hybridized carbons (Fsp3) is 0.620. The second-order valence-corrected chi connectivity index (χ2v) is 23.3. The van der Waals surface area contributed by atoms with Gasteiger partial charge < -0.3 is 33.7 Å². The van der Waals surface area contributed by atoms with Crippen molar-refractivity contribution in [3.8, 4) is 22.5 Å². The maximum absolute atomic E-state index is 15.5. The van der Waals surface area contributed by atoms with E-state index in [1.165, 1.54) is 11.3 Å². The normalized spacial score (nSPS) is 34.1. The molecule has 1 aromatic carbocycles. The van der Waals surface area contributed by atoms with E-state index in [9.17, 15) is 9.59 Å². The first-order valence-electron chi connectivity index (χ1n) is 23.9. The Morgan fingerprint density at radius 3 is 2.52 bits per heavy atom. The van der Waals surface area contributed by atoms with Crippen molar-refractivity contribution < 1.29 is 33.3 Å². The molecule has 5 atom stereocenters. The van der Waals surface area contributed by atoms with Gasteiger partial charge in [0.2, 0.25) is 0 Å². The number of methoxy groups -OCH3 is 1. The lowest BCUT2D eigenvalue weighted by Crippen LogP contribution is -2.74. The zero-order valence-corrected chi connectivity index (χ0v) is 39.9. The summed E-state index contributed by atoms with van der Waals surface area (Å²) < 4.78 is 26.9. The van der Waals surface area contributed by atoms with E-state index in [-0.39, 0.29) is 65.4 Å². The first-order valence-corrected chi connectivity index (χ1v) is 24.8. The van der Waals surface area contributed by atoms with E-state index in [2.05, 4.69) is 82.6 Å². The lowest BCUT2D eigenvalue weighted by molar-refractivity contribution is -0.204. The molecule has 2 N–H and O–H groups in total. The number of likely N-dealkylation sites (tertiary alicyclic amines) is 2. The zero-order valence-electron chi connectivity index (χ0n) is 39.1. The number of carbonyl (C=O) groups excluding carboxylic acids is 3. The first kappa shape index (κ1) is 43.0. The summed E-state index contributed by atoms with van der Waals surface area (Å²) in [6.07, 6.45) is 4.71. The van der Waals surface area contributed by atoms with Crippen LogP contribution in [0.25, 0.3) is 33.4 Å². The van der Waals surface area contributed by atoms with E-state index < -0.39 is 29.1 Å². The van der Waals surface area contributed by atoms with Crippen molar-refractivity contribution in [2.75, 3.05) is 60.2 Å². The van der Waals surface area contributed by atoms with Gasteiger partial charge in [0.1, 0.15) is 22.7 Å². The van der Waals surface area contributed by atoms with Crippen LogP contribution in [0.2, 0.25) is 0 Å². The number of amides is 2. The molecule has 3 aromatic heterocycles. The Hall–Kier alpha value is -4.29. The lowest BCUT2D eigenvalue weighted by atomic mass is 9.61. The fourth-order valence-electron chi connectivity index (χ4n) is 12.8. The maximum atomic E-state index is 15.5. The van der Waals surface area contributed by atoms with Crippen LogP contribution < -0.4 is 10.7 Å². The number of nitrogens with zero attached hydrogens (tertiary/aromatic N) is 6. The monoisotopic (exact) mass is 918 g/mol. The Morgan fingerprint density at radius 1 is 1.06 bits per heavy atom. The highest BCUT2D eigenvalue weighted by Gasteiger charge is 2.68. The van der Waals surface area contributed by atoms with Gasteiger partial charge in [0.05, 0.1) is 61.2 Å². The first-order chi connectivity index (χ1) is 31.6. The van der Waals surface area contributed by atoms with Crippen LogP contribution in [0.1, 0.15) is 94.8 Å². The summed E-state index contributed by atoms with van der Waals surface area (Å²) in [4.78, 5) is 59.5. The maximum Gasteiger partial charge on any atom is 0.325 e. The average molecular weight is 919 g/mol. The number of aromatic nitrogens is 3. The predicted octanol–water partition coefficient (Wildman–Crippen LogP) is 5.46. The van der Waals surface area contributed by atoms with Gasteiger partial charge in [-0.3, -0.25) is 29.3 Å². The van der Waals surface area contributed by atoms with Gasteiger partial charge >= 0.3 is 5.97 Å². The van der Waals surface area contributed by atoms with Crippen LogP contribution in [-0.2, 0) is 39.8 Å². The molecular weight excluding hydrogens is 857 g/mol. The number of esters is 1. The molecule has 8 aliphatic heterocycles. The number of hydrogen-bond donors (Lipinski definition) is 2. The minimum absolute atomic E-state index is 0.0199. The number of thiazole rings is 1. The van der Waals surface area contributed by atoms with Gasteiger partial charge in [-0.05, 0) is 88.7 Å². The van der Waals surface area contributed by atoms with Crippen molar-refractivity contribution in [1.29, 1.82) is 0 Å². The molecular formula is C50H62N8O7S. The summed E-state index contributed by atoms with van der Waals surface area (Å²) in [5, 5.41) is 8.93. The summed E-state index contributed by atoms with van der Waals surface area (Å²) in [5.74, 6) is -0.867. The highest BCUT2D eigenvalue weighted by atomic mass is 32.1. The van der Waals surface area contributed by atoms with Crippen molar-refractivity contribution in [2.24, 2.45) is 22.2 Å². The number of rotatable bonds is 7. The quantitative estimate of drug-likeness (QED) is 0.227. The molecule has 350 valence electrons. The number of nitrogens with one attached hydrogen (secondary N) is 2. The molecule has 14 rings (SSSR count). The Morgan fingerprint density at radius 2 is 1.83 bits per heavy atom. The Labute approximate surface area is 389 Å². The van der Waals surface area contributed by atoms with Crippen LogP contribution in [0, 0.1) is 22.2 Å². The molecule has 16 heteroatoms. The molecule has 2 aliphatic carbocycles. The van der Waals surface area contributed by atoms with Crippen molar-refractivity contribution >= 4 is 40.0 Å². The second kappa shape index (κ2) is 15.1. The SMILES string of the molecule is CO[C@@H](C)c1ncccc1-c1c2c3cc(ccc3n1C1CN(C)C1)-c1csc(n1)[C@@H](N1CC3(COC3)C1)[C@H](NC(=O)C13CC(C)(C1)[C@H](C)O3)C(=O)N1N[C@H](C(=O)OCC(C)(C)C2)C2CC1C2. The standard InChI is InChI=1S/C50H62N8O7S/c1-27(62-7)38-33(9-8-12-51-38)41-35-16-47(3,4)24-64-45(60)39-30-13-31(14-30)58(54-39)44(59)40(53-46(61)50-20-48(5,21-50)28(2)65-50)42(56-22-49(23-56)25-63-26-49)43-52-36(19-66-43)29-10-11-37(34(35)15-29)57(41)32-17-55(6)18-32/h8-12,15,19,27-28,30-32,39-40,42,54H,13-14,16-18,20-26H2,1-7H3,(H,53,61)/t27-,28-,30?,31?,39-,40-,42-,48?,50?/m0/s1. The number of fused-ring (bicyclic) bond motifs is 5. The van der Waals surface area contributed by atoms with E-state index in [4.69, 9.17) is 28.9 Å². The number of cyclic esters (lactones) is 1. The van der Waals surface area contributed by atoms with E-state index in [1.54, 1.807) is 12.1 Å². The molecule has 1 spiro atoms. The minimum atomic E-state index is -1.01. The summed E-state index contributed by atoms with van der Waals surface area (Å²) in [7, 11) is 3.88. The van der Waals surface area contributed by atoms with E-state index in [0.29, 0.717) is 58.4 Å². The van der Waals surface area contributed by atoms with Gasteiger partial charge in [-0.25, -0.2) is 10.4 Å². The Balaban J connectivity index is 1.02. The number of likely N-dealkylation sites (N-methyl/N-ethyl adjacent to an activating group) is 1. The largest absolute Gasteiger partial charge is 0.464 e. The molecule has 15 nitrogen and oxygen atoms in total.